The second-order valence-corrected chi connectivity index (χ2v) is 6.26. The molecule has 5 nitrogen and oxygen atoms in total. The quantitative estimate of drug-likeness (QED) is 0.843. The van der Waals surface area contributed by atoms with Crippen LogP contribution in [0, 0.1) is 0 Å². The van der Waals surface area contributed by atoms with Gasteiger partial charge in [-0.15, -0.1) is 0 Å². The highest BCUT2D eigenvalue weighted by Gasteiger charge is 2.16. The summed E-state index contributed by atoms with van der Waals surface area (Å²) in [6.07, 6.45) is 0.0854. The molecule has 0 aromatic heterocycles. The van der Waals surface area contributed by atoms with Crippen molar-refractivity contribution in [2.45, 2.75) is 26.9 Å². The topological polar surface area (TPSA) is 58.6 Å². The van der Waals surface area contributed by atoms with Crippen LogP contribution in [-0.2, 0) is 9.59 Å². The van der Waals surface area contributed by atoms with Crippen molar-refractivity contribution in [3.8, 4) is 5.75 Å². The largest absolute Gasteiger partial charge is 0.491 e. The monoisotopic (exact) mass is 360 g/mol. The predicted octanol–water partition coefficient (Wildman–Crippen LogP) is 4.12. The minimum Gasteiger partial charge on any atom is -0.491 e. The van der Waals surface area contributed by atoms with E-state index < -0.39 is 0 Å². The lowest BCUT2D eigenvalue weighted by atomic mass is 10.2. The Hall–Kier alpha value is -2.53. The summed E-state index contributed by atoms with van der Waals surface area (Å²) >= 11 is 5.96. The van der Waals surface area contributed by atoms with Gasteiger partial charge in [0.15, 0.2) is 0 Å². The molecule has 132 valence electrons. The number of hydrogen-bond acceptors (Lipinski definition) is 3. The second-order valence-electron chi connectivity index (χ2n) is 5.82. The summed E-state index contributed by atoms with van der Waals surface area (Å²) in [7, 11) is 0. The average Bonchev–Trinajstić information content (AvgIpc) is 2.53. The number of anilines is 2. The molecule has 0 bridgehead atoms. The molecule has 2 amide bonds. The van der Waals surface area contributed by atoms with Crippen LogP contribution in [0.3, 0.4) is 0 Å². The Labute approximate surface area is 152 Å². The van der Waals surface area contributed by atoms with E-state index in [4.69, 9.17) is 16.3 Å². The molecule has 0 saturated heterocycles. The highest BCUT2D eigenvalue weighted by molar-refractivity contribution is 6.31. The number of rotatable bonds is 6. The van der Waals surface area contributed by atoms with Crippen LogP contribution in [0.5, 0.6) is 5.75 Å². The summed E-state index contributed by atoms with van der Waals surface area (Å²) in [6.45, 7) is 5.20. The van der Waals surface area contributed by atoms with E-state index in [1.807, 2.05) is 13.8 Å². The van der Waals surface area contributed by atoms with Crippen molar-refractivity contribution < 1.29 is 14.3 Å². The van der Waals surface area contributed by atoms with Crippen molar-refractivity contribution in [1.82, 2.24) is 0 Å². The fraction of sp³-hybridized carbons (Fsp3) is 0.263. The Morgan fingerprint density at radius 2 is 1.84 bits per heavy atom. The van der Waals surface area contributed by atoms with Crippen molar-refractivity contribution in [3.05, 3.63) is 53.6 Å². The first-order chi connectivity index (χ1) is 11.8. The minimum atomic E-state index is -0.298. The normalized spacial score (nSPS) is 10.4. The van der Waals surface area contributed by atoms with Gasteiger partial charge in [0.2, 0.25) is 11.8 Å². The number of nitrogens with one attached hydrogen (secondary N) is 1. The van der Waals surface area contributed by atoms with Gasteiger partial charge in [0, 0.05) is 23.3 Å². The van der Waals surface area contributed by atoms with Crippen LogP contribution in [-0.4, -0.2) is 24.5 Å². The van der Waals surface area contributed by atoms with E-state index in [-0.39, 0.29) is 24.5 Å². The van der Waals surface area contributed by atoms with Gasteiger partial charge in [0.05, 0.1) is 6.10 Å². The van der Waals surface area contributed by atoms with Crippen molar-refractivity contribution in [3.63, 3.8) is 0 Å². The van der Waals surface area contributed by atoms with Gasteiger partial charge in [-0.05, 0) is 56.3 Å². The van der Waals surface area contributed by atoms with Crippen LogP contribution in [0.15, 0.2) is 48.5 Å². The third-order valence-corrected chi connectivity index (χ3v) is 3.55. The highest BCUT2D eigenvalue weighted by atomic mass is 35.5. The number of nitrogens with zero attached hydrogens (tertiary/aromatic N) is 1. The average molecular weight is 361 g/mol. The summed E-state index contributed by atoms with van der Waals surface area (Å²) < 4.78 is 5.56. The van der Waals surface area contributed by atoms with Crippen molar-refractivity contribution in [2.75, 3.05) is 16.8 Å². The zero-order chi connectivity index (χ0) is 18.4. The maximum Gasteiger partial charge on any atom is 0.244 e. The molecule has 0 heterocycles. The molecule has 0 unspecified atom stereocenters. The molecule has 2 aromatic carbocycles. The fourth-order valence-electron chi connectivity index (χ4n) is 2.26. The lowest BCUT2D eigenvalue weighted by Gasteiger charge is -2.21. The third-order valence-electron chi connectivity index (χ3n) is 3.31. The molecule has 0 spiro atoms. The van der Waals surface area contributed by atoms with Crippen LogP contribution >= 0.6 is 11.6 Å². The Kier molecular flexibility index (Phi) is 6.42. The smallest absolute Gasteiger partial charge is 0.244 e. The van der Waals surface area contributed by atoms with E-state index in [9.17, 15) is 9.59 Å². The number of halogens is 1. The maximum absolute atomic E-state index is 12.3. The SMILES string of the molecule is CC(=O)N(CC(=O)Nc1ccc(OC(C)C)cc1)c1cccc(Cl)c1. The van der Waals surface area contributed by atoms with Crippen LogP contribution in [0.4, 0.5) is 11.4 Å². The minimum absolute atomic E-state index is 0.0854. The molecule has 6 heteroatoms. The van der Waals surface area contributed by atoms with Gasteiger partial charge in [0.25, 0.3) is 0 Å². The summed E-state index contributed by atoms with van der Waals surface area (Å²) in [5.41, 5.74) is 1.21. The van der Waals surface area contributed by atoms with E-state index in [0.717, 1.165) is 5.75 Å². The molecule has 0 saturated carbocycles. The molecule has 25 heavy (non-hydrogen) atoms. The first-order valence-corrected chi connectivity index (χ1v) is 8.33. The first kappa shape index (κ1) is 18.8. The maximum atomic E-state index is 12.3. The number of amides is 2. The number of hydrogen-bond donors (Lipinski definition) is 1. The molecular formula is C19H21ClN2O3. The lowest BCUT2D eigenvalue weighted by Crippen LogP contribution is -2.36. The molecule has 2 rings (SSSR count). The zero-order valence-corrected chi connectivity index (χ0v) is 15.2. The molecule has 0 aliphatic rings. The van der Waals surface area contributed by atoms with E-state index >= 15 is 0 Å². The fourth-order valence-corrected chi connectivity index (χ4v) is 2.45. The summed E-state index contributed by atoms with van der Waals surface area (Å²) in [6, 6.07) is 13.9. The molecule has 2 aromatic rings. The van der Waals surface area contributed by atoms with Crippen LogP contribution < -0.4 is 15.0 Å². The van der Waals surface area contributed by atoms with Crippen LogP contribution in [0.2, 0.25) is 5.02 Å². The van der Waals surface area contributed by atoms with Crippen molar-refractivity contribution >= 4 is 34.8 Å². The van der Waals surface area contributed by atoms with Crippen LogP contribution in [0.25, 0.3) is 0 Å². The Morgan fingerprint density at radius 1 is 1.16 bits per heavy atom. The van der Waals surface area contributed by atoms with Gasteiger partial charge >= 0.3 is 0 Å². The summed E-state index contributed by atoms with van der Waals surface area (Å²) in [5.74, 6) is 0.197. The van der Waals surface area contributed by atoms with Crippen molar-refractivity contribution in [1.29, 1.82) is 0 Å². The predicted molar refractivity (Wildman–Crippen MR) is 100 cm³/mol. The van der Waals surface area contributed by atoms with Gasteiger partial charge in [-0.1, -0.05) is 17.7 Å². The Bertz CT molecular complexity index is 745. The Morgan fingerprint density at radius 3 is 2.40 bits per heavy atom. The van der Waals surface area contributed by atoms with E-state index in [1.54, 1.807) is 48.5 Å². The van der Waals surface area contributed by atoms with Gasteiger partial charge in [-0.2, -0.15) is 0 Å². The third kappa shape index (κ3) is 5.80. The van der Waals surface area contributed by atoms with Gasteiger partial charge in [-0.25, -0.2) is 0 Å². The second kappa shape index (κ2) is 8.53. The van der Waals surface area contributed by atoms with Crippen molar-refractivity contribution in [2.24, 2.45) is 0 Å². The number of carbonyl (C=O) groups is 2. The van der Waals surface area contributed by atoms with E-state index in [2.05, 4.69) is 5.32 Å². The Balaban J connectivity index is 2.03. The van der Waals surface area contributed by atoms with E-state index in [0.29, 0.717) is 16.4 Å². The number of carbonyl (C=O) groups excluding carboxylic acids is 2. The highest BCUT2D eigenvalue weighted by Crippen LogP contribution is 2.20. The molecule has 0 atom stereocenters. The standard InChI is InChI=1S/C19H21ClN2O3/c1-13(2)25-18-9-7-16(8-10-18)21-19(24)12-22(14(3)23)17-6-4-5-15(20)11-17/h4-11,13H,12H2,1-3H3,(H,21,24). The number of ether oxygens (including phenoxy) is 1. The lowest BCUT2D eigenvalue weighted by molar-refractivity contribution is -0.120. The molecule has 0 aliphatic heterocycles. The summed E-state index contributed by atoms with van der Waals surface area (Å²) in [4.78, 5) is 25.5. The molecule has 0 aliphatic carbocycles. The van der Waals surface area contributed by atoms with Gasteiger partial charge in [0.1, 0.15) is 12.3 Å². The molecule has 0 radical (unpaired) electrons. The molecule has 1 N–H and O–H groups in total. The number of benzene rings is 2. The van der Waals surface area contributed by atoms with Gasteiger partial charge in [-0.3, -0.25) is 9.59 Å². The zero-order valence-electron chi connectivity index (χ0n) is 14.5. The molecule has 0 fully saturated rings. The first-order valence-electron chi connectivity index (χ1n) is 7.95. The molecular weight excluding hydrogens is 340 g/mol. The summed E-state index contributed by atoms with van der Waals surface area (Å²) in [5, 5.41) is 3.28. The van der Waals surface area contributed by atoms with Crippen LogP contribution in [0.1, 0.15) is 20.8 Å². The van der Waals surface area contributed by atoms with E-state index in [1.165, 1.54) is 11.8 Å². The van der Waals surface area contributed by atoms with Gasteiger partial charge < -0.3 is 15.0 Å².